The van der Waals surface area contributed by atoms with E-state index in [1.165, 1.54) is 0 Å². The Morgan fingerprint density at radius 2 is 1.03 bits per heavy atom. The van der Waals surface area contributed by atoms with E-state index in [9.17, 15) is 9.59 Å². The number of carbonyl (C=O) groups excluding carboxylic acids is 1. The van der Waals surface area contributed by atoms with E-state index in [2.05, 4.69) is 5.32 Å². The highest BCUT2D eigenvalue weighted by Crippen LogP contribution is 1.90. The highest BCUT2D eigenvalue weighted by molar-refractivity contribution is 5.75. The maximum absolute atomic E-state index is 11.2. The van der Waals surface area contributed by atoms with Crippen LogP contribution < -0.4 is 5.32 Å². The molecule has 0 spiro atoms. The number of rotatable bonds is 24. The second kappa shape index (κ2) is 24.0. The second-order valence-electron chi connectivity index (χ2n) is 6.27. The zero-order valence-corrected chi connectivity index (χ0v) is 18.2. The minimum absolute atomic E-state index is 0.0577. The van der Waals surface area contributed by atoms with E-state index in [0.29, 0.717) is 98.7 Å². The first kappa shape index (κ1) is 28.7. The fraction of sp³-hybridized carbons (Fsp3) is 0.900. The summed E-state index contributed by atoms with van der Waals surface area (Å²) in [5, 5.41) is 11.3. The predicted molar refractivity (Wildman–Crippen MR) is 110 cm³/mol. The summed E-state index contributed by atoms with van der Waals surface area (Å²) in [6, 6.07) is 0. The van der Waals surface area contributed by atoms with Gasteiger partial charge in [0.25, 0.3) is 0 Å². The van der Waals surface area contributed by atoms with Crippen molar-refractivity contribution in [2.24, 2.45) is 0 Å². The van der Waals surface area contributed by atoms with Crippen LogP contribution in [0.3, 0.4) is 0 Å². The Labute approximate surface area is 179 Å². The van der Waals surface area contributed by atoms with Crippen LogP contribution in [0.25, 0.3) is 0 Å². The first-order valence-corrected chi connectivity index (χ1v) is 10.6. The van der Waals surface area contributed by atoms with E-state index >= 15 is 0 Å². The lowest BCUT2D eigenvalue weighted by atomic mass is 10.3. The van der Waals surface area contributed by atoms with Gasteiger partial charge in [0.1, 0.15) is 0 Å². The number of carboxylic acid groups (broad SMARTS) is 1. The molecule has 178 valence electrons. The lowest BCUT2D eigenvalue weighted by Crippen LogP contribution is -2.27. The van der Waals surface area contributed by atoms with Crippen molar-refractivity contribution in [1.82, 2.24) is 5.32 Å². The van der Waals surface area contributed by atoms with Crippen molar-refractivity contribution in [1.29, 1.82) is 0 Å². The van der Waals surface area contributed by atoms with Crippen LogP contribution in [-0.2, 0) is 38.0 Å². The molecule has 1 amide bonds. The number of aliphatic carboxylic acids is 1. The third-order valence-corrected chi connectivity index (χ3v) is 3.58. The molecule has 0 saturated carbocycles. The quantitative estimate of drug-likeness (QED) is 0.212. The van der Waals surface area contributed by atoms with Crippen LogP contribution in [-0.4, -0.2) is 103 Å². The van der Waals surface area contributed by atoms with Crippen LogP contribution in [0.1, 0.15) is 32.6 Å². The summed E-state index contributed by atoms with van der Waals surface area (Å²) < 4.78 is 32.1. The molecule has 0 saturated heterocycles. The maximum Gasteiger partial charge on any atom is 0.303 e. The van der Waals surface area contributed by atoms with E-state index in [1.54, 1.807) is 0 Å². The summed E-state index contributed by atoms with van der Waals surface area (Å²) >= 11 is 0. The summed E-state index contributed by atoms with van der Waals surface area (Å²) in [6.07, 6.45) is 2.03. The van der Waals surface area contributed by atoms with Crippen LogP contribution >= 0.6 is 0 Å². The predicted octanol–water partition coefficient (Wildman–Crippen LogP) is 0.867. The second-order valence-corrected chi connectivity index (χ2v) is 6.27. The molecule has 0 aliphatic carbocycles. The molecule has 0 aliphatic heterocycles. The summed E-state index contributed by atoms with van der Waals surface area (Å²) in [7, 11) is 0. The topological polar surface area (TPSA) is 122 Å². The zero-order valence-electron chi connectivity index (χ0n) is 18.2. The molecule has 0 heterocycles. The molecule has 0 radical (unpaired) electrons. The molecule has 10 heteroatoms. The molecule has 0 atom stereocenters. The molecule has 0 aromatic heterocycles. The van der Waals surface area contributed by atoms with Gasteiger partial charge >= 0.3 is 5.97 Å². The van der Waals surface area contributed by atoms with E-state index in [4.69, 9.17) is 33.5 Å². The Morgan fingerprint density at radius 3 is 1.43 bits per heavy atom. The average molecular weight is 438 g/mol. The number of carbonyl (C=O) groups is 2. The molecule has 0 unspecified atom stereocenters. The molecule has 0 aromatic rings. The van der Waals surface area contributed by atoms with Crippen molar-refractivity contribution >= 4 is 11.9 Å². The van der Waals surface area contributed by atoms with Crippen molar-refractivity contribution in [3.05, 3.63) is 0 Å². The minimum atomic E-state index is -0.810. The summed E-state index contributed by atoms with van der Waals surface area (Å²) in [5.74, 6) is -0.752. The molecule has 0 fully saturated rings. The van der Waals surface area contributed by atoms with Crippen molar-refractivity contribution in [3.8, 4) is 0 Å². The Kier molecular flexibility index (Phi) is 22.9. The maximum atomic E-state index is 11.2. The number of hydrogen-bond donors (Lipinski definition) is 2. The summed E-state index contributed by atoms with van der Waals surface area (Å²) in [6.45, 7) is 8.21. The largest absolute Gasteiger partial charge is 0.481 e. The number of amides is 1. The summed E-state index contributed by atoms with van der Waals surface area (Å²) in [5.41, 5.74) is 0. The van der Waals surface area contributed by atoms with Crippen LogP contribution in [0.5, 0.6) is 0 Å². The van der Waals surface area contributed by atoms with Gasteiger partial charge in [-0.2, -0.15) is 0 Å². The Bertz CT molecular complexity index is 396. The minimum Gasteiger partial charge on any atom is -0.481 e. The van der Waals surface area contributed by atoms with Gasteiger partial charge in [-0.25, -0.2) is 0 Å². The van der Waals surface area contributed by atoms with Crippen molar-refractivity contribution < 1.29 is 43.1 Å². The van der Waals surface area contributed by atoms with Gasteiger partial charge < -0.3 is 38.8 Å². The SMILES string of the molecule is CCCC(=O)NCCOCCOCCOCCOCCOCCOCCCC(=O)O. The van der Waals surface area contributed by atoms with Crippen molar-refractivity contribution in [2.45, 2.75) is 32.6 Å². The van der Waals surface area contributed by atoms with E-state index in [1.807, 2.05) is 6.92 Å². The van der Waals surface area contributed by atoms with Gasteiger partial charge in [-0.05, 0) is 12.8 Å². The number of carboxylic acids is 1. The third kappa shape index (κ3) is 24.7. The highest BCUT2D eigenvalue weighted by atomic mass is 16.6. The van der Waals surface area contributed by atoms with Gasteiger partial charge in [0.05, 0.1) is 72.7 Å². The Morgan fingerprint density at radius 1 is 0.633 bits per heavy atom. The molecule has 0 bridgehead atoms. The Hall–Kier alpha value is -1.30. The fourth-order valence-electron chi connectivity index (χ4n) is 2.11. The van der Waals surface area contributed by atoms with Gasteiger partial charge in [-0.15, -0.1) is 0 Å². The zero-order chi connectivity index (χ0) is 22.1. The lowest BCUT2D eigenvalue weighted by molar-refractivity contribution is -0.137. The van der Waals surface area contributed by atoms with Gasteiger partial charge in [0.15, 0.2) is 0 Å². The Balaban J connectivity index is 3.05. The molecular weight excluding hydrogens is 398 g/mol. The lowest BCUT2D eigenvalue weighted by Gasteiger charge is -2.08. The average Bonchev–Trinajstić information content (AvgIpc) is 2.71. The van der Waals surface area contributed by atoms with Crippen molar-refractivity contribution in [3.63, 3.8) is 0 Å². The molecule has 0 aromatic carbocycles. The van der Waals surface area contributed by atoms with Gasteiger partial charge in [0.2, 0.25) is 5.91 Å². The van der Waals surface area contributed by atoms with Gasteiger partial charge in [-0.1, -0.05) is 6.92 Å². The molecule has 30 heavy (non-hydrogen) atoms. The van der Waals surface area contributed by atoms with Crippen LogP contribution in [0.2, 0.25) is 0 Å². The van der Waals surface area contributed by atoms with Crippen LogP contribution in [0, 0.1) is 0 Å². The van der Waals surface area contributed by atoms with E-state index in [0.717, 1.165) is 6.42 Å². The molecule has 0 aliphatic rings. The number of ether oxygens (including phenoxy) is 6. The van der Waals surface area contributed by atoms with Crippen molar-refractivity contribution in [2.75, 3.05) is 85.8 Å². The molecule has 10 nitrogen and oxygen atoms in total. The van der Waals surface area contributed by atoms with Crippen LogP contribution in [0.4, 0.5) is 0 Å². The first-order valence-electron chi connectivity index (χ1n) is 10.6. The van der Waals surface area contributed by atoms with Gasteiger partial charge in [-0.3, -0.25) is 9.59 Å². The third-order valence-electron chi connectivity index (χ3n) is 3.58. The first-order chi connectivity index (χ1) is 14.7. The normalized spacial score (nSPS) is 11.0. The standard InChI is InChI=1S/C20H39NO9/c1-2-4-19(22)21-6-8-26-10-12-28-14-16-30-18-17-29-15-13-27-11-9-25-7-3-5-20(23)24/h2-18H2,1H3,(H,21,22)(H,23,24). The summed E-state index contributed by atoms with van der Waals surface area (Å²) in [4.78, 5) is 21.5. The highest BCUT2D eigenvalue weighted by Gasteiger charge is 1.98. The monoisotopic (exact) mass is 437 g/mol. The van der Waals surface area contributed by atoms with Crippen LogP contribution in [0.15, 0.2) is 0 Å². The number of nitrogens with one attached hydrogen (secondary N) is 1. The smallest absolute Gasteiger partial charge is 0.303 e. The molecular formula is C20H39NO9. The van der Waals surface area contributed by atoms with E-state index in [-0.39, 0.29) is 12.3 Å². The molecule has 0 rings (SSSR count). The van der Waals surface area contributed by atoms with Gasteiger partial charge in [0, 0.05) is 26.0 Å². The fourth-order valence-corrected chi connectivity index (χ4v) is 2.11. The number of hydrogen-bond acceptors (Lipinski definition) is 8. The molecule has 2 N–H and O–H groups in total. The van der Waals surface area contributed by atoms with E-state index < -0.39 is 5.97 Å².